The van der Waals surface area contributed by atoms with Crippen LogP contribution >= 0.6 is 0 Å². The topological polar surface area (TPSA) is 80.7 Å². The summed E-state index contributed by atoms with van der Waals surface area (Å²) in [5, 5.41) is 8.29. The van der Waals surface area contributed by atoms with Crippen molar-refractivity contribution in [2.45, 2.75) is 13.0 Å². The summed E-state index contributed by atoms with van der Waals surface area (Å²) in [6, 6.07) is 9.23. The monoisotopic (exact) mass is 236 g/mol. The van der Waals surface area contributed by atoms with E-state index >= 15 is 0 Å². The third kappa shape index (κ3) is 5.03. The van der Waals surface area contributed by atoms with Gasteiger partial charge in [-0.05, 0) is 5.56 Å². The number of carbonyl (C=O) groups is 3. The second kappa shape index (κ2) is 6.55. The van der Waals surface area contributed by atoms with Crippen molar-refractivity contribution in [1.29, 1.82) is 0 Å². The van der Waals surface area contributed by atoms with Crippen molar-refractivity contribution in [2.75, 3.05) is 6.61 Å². The van der Waals surface area contributed by atoms with Gasteiger partial charge in [0, 0.05) is 0 Å². The van der Waals surface area contributed by atoms with Crippen molar-refractivity contribution < 1.29 is 24.2 Å². The molecule has 0 unspecified atom stereocenters. The number of ether oxygens (including phenoxy) is 1. The van der Waals surface area contributed by atoms with E-state index in [1.54, 1.807) is 0 Å². The summed E-state index contributed by atoms with van der Waals surface area (Å²) in [4.78, 5) is 32.0. The van der Waals surface area contributed by atoms with Crippen LogP contribution in [0.2, 0.25) is 0 Å². The molecule has 0 spiro atoms. The van der Waals surface area contributed by atoms with E-state index in [0.29, 0.717) is 0 Å². The number of hydrogen-bond donors (Lipinski definition) is 1. The van der Waals surface area contributed by atoms with Crippen molar-refractivity contribution in [1.82, 2.24) is 0 Å². The van der Waals surface area contributed by atoms with Gasteiger partial charge in [0.1, 0.15) is 6.61 Å². The van der Waals surface area contributed by atoms with Gasteiger partial charge >= 0.3 is 5.97 Å². The fraction of sp³-hybridized carbons (Fsp3) is 0.250. The molecule has 0 radical (unpaired) electrons. The summed E-state index contributed by atoms with van der Waals surface area (Å²) in [5.41, 5.74) is 0.907. The third-order valence-corrected chi connectivity index (χ3v) is 1.97. The third-order valence-electron chi connectivity index (χ3n) is 1.97. The smallest absolute Gasteiger partial charge is 0.372 e. The molecule has 1 rings (SSSR count). The maximum Gasteiger partial charge on any atom is 0.372 e. The quantitative estimate of drug-likeness (QED) is 0.560. The van der Waals surface area contributed by atoms with Crippen LogP contribution in [-0.2, 0) is 25.7 Å². The number of aliphatic carboxylic acids is 1. The lowest BCUT2D eigenvalue weighted by Crippen LogP contribution is -2.20. The Kier molecular flexibility index (Phi) is 5.03. The minimum absolute atomic E-state index is 0.256. The fourth-order valence-electron chi connectivity index (χ4n) is 1.16. The van der Waals surface area contributed by atoms with Crippen LogP contribution in [0.5, 0.6) is 0 Å². The van der Waals surface area contributed by atoms with Gasteiger partial charge in [0.25, 0.3) is 0 Å². The van der Waals surface area contributed by atoms with Gasteiger partial charge in [-0.2, -0.15) is 0 Å². The van der Waals surface area contributed by atoms with Crippen LogP contribution in [0.1, 0.15) is 12.0 Å². The van der Waals surface area contributed by atoms with Gasteiger partial charge in [-0.1, -0.05) is 30.3 Å². The number of ketones is 2. The van der Waals surface area contributed by atoms with Gasteiger partial charge < -0.3 is 9.84 Å². The van der Waals surface area contributed by atoms with E-state index in [0.717, 1.165) is 5.56 Å². The molecule has 0 saturated heterocycles. The van der Waals surface area contributed by atoms with Gasteiger partial charge in [0.05, 0.1) is 13.0 Å². The average Bonchev–Trinajstić information content (AvgIpc) is 2.30. The Balaban J connectivity index is 2.25. The molecule has 0 atom stereocenters. The molecule has 5 nitrogen and oxygen atoms in total. The van der Waals surface area contributed by atoms with Crippen LogP contribution in [0.4, 0.5) is 0 Å². The number of carboxylic acids is 1. The maximum absolute atomic E-state index is 11.1. The van der Waals surface area contributed by atoms with Gasteiger partial charge in [-0.15, -0.1) is 0 Å². The summed E-state index contributed by atoms with van der Waals surface area (Å²) in [5.74, 6) is -3.24. The molecule has 17 heavy (non-hydrogen) atoms. The molecule has 0 aliphatic rings. The van der Waals surface area contributed by atoms with Crippen LogP contribution in [0.25, 0.3) is 0 Å². The molecule has 0 aliphatic carbocycles. The average molecular weight is 236 g/mol. The molecular weight excluding hydrogens is 224 g/mol. The molecule has 0 amide bonds. The normalized spacial score (nSPS) is 9.88. The first-order valence-electron chi connectivity index (χ1n) is 4.99. The second-order valence-electron chi connectivity index (χ2n) is 3.42. The molecule has 0 heterocycles. The molecule has 1 aromatic carbocycles. The summed E-state index contributed by atoms with van der Waals surface area (Å²) in [7, 11) is 0. The van der Waals surface area contributed by atoms with E-state index in [4.69, 9.17) is 9.84 Å². The highest BCUT2D eigenvalue weighted by Gasteiger charge is 2.16. The lowest BCUT2D eigenvalue weighted by molar-refractivity contribution is -0.150. The summed E-state index contributed by atoms with van der Waals surface area (Å²) >= 11 is 0. The number of carboxylic acid groups (broad SMARTS) is 1. The zero-order valence-electron chi connectivity index (χ0n) is 9.09. The fourth-order valence-corrected chi connectivity index (χ4v) is 1.16. The van der Waals surface area contributed by atoms with E-state index in [1.165, 1.54) is 0 Å². The number of Topliss-reactive ketones (excluding diaryl/α,β-unsaturated/α-hetero) is 2. The van der Waals surface area contributed by atoms with E-state index in [2.05, 4.69) is 0 Å². The predicted molar refractivity (Wildman–Crippen MR) is 58.4 cm³/mol. The first kappa shape index (κ1) is 13.1. The molecule has 0 aliphatic heterocycles. The van der Waals surface area contributed by atoms with Crippen LogP contribution in [-0.4, -0.2) is 29.2 Å². The maximum atomic E-state index is 11.1. The zero-order valence-corrected chi connectivity index (χ0v) is 9.09. The molecule has 0 saturated carbocycles. The Hall–Kier alpha value is -2.01. The predicted octanol–water partition coefficient (Wildman–Crippen LogP) is 0.816. The SMILES string of the molecule is O=C(COCc1ccccc1)CC(=O)C(=O)O. The van der Waals surface area contributed by atoms with E-state index in [9.17, 15) is 14.4 Å². The molecule has 0 fully saturated rings. The zero-order chi connectivity index (χ0) is 12.7. The summed E-state index contributed by atoms with van der Waals surface area (Å²) in [6.07, 6.45) is -0.621. The Bertz CT molecular complexity index is 410. The molecule has 1 aromatic rings. The molecule has 0 bridgehead atoms. The van der Waals surface area contributed by atoms with Crippen molar-refractivity contribution in [3.05, 3.63) is 35.9 Å². The Labute approximate surface area is 98.0 Å². The lowest BCUT2D eigenvalue weighted by atomic mass is 10.2. The molecule has 90 valence electrons. The van der Waals surface area contributed by atoms with Crippen LogP contribution < -0.4 is 0 Å². The van der Waals surface area contributed by atoms with Gasteiger partial charge in [0.2, 0.25) is 5.78 Å². The highest BCUT2D eigenvalue weighted by molar-refractivity contribution is 6.36. The van der Waals surface area contributed by atoms with Crippen LogP contribution in [0.3, 0.4) is 0 Å². The molecule has 5 heteroatoms. The minimum Gasteiger partial charge on any atom is -0.475 e. The standard InChI is InChI=1S/C12H12O5/c13-10(6-11(14)12(15)16)8-17-7-9-4-2-1-3-5-9/h1-5H,6-8H2,(H,15,16). The highest BCUT2D eigenvalue weighted by atomic mass is 16.5. The first-order valence-corrected chi connectivity index (χ1v) is 4.99. The largest absolute Gasteiger partial charge is 0.475 e. The Morgan fingerprint density at radius 1 is 1.12 bits per heavy atom. The highest BCUT2D eigenvalue weighted by Crippen LogP contribution is 2.00. The van der Waals surface area contributed by atoms with Crippen molar-refractivity contribution >= 4 is 17.5 Å². The van der Waals surface area contributed by atoms with Crippen LogP contribution in [0, 0.1) is 0 Å². The number of rotatable bonds is 7. The van der Waals surface area contributed by atoms with Crippen molar-refractivity contribution in [3.8, 4) is 0 Å². The van der Waals surface area contributed by atoms with Crippen molar-refractivity contribution in [3.63, 3.8) is 0 Å². The van der Waals surface area contributed by atoms with E-state index < -0.39 is 24.0 Å². The lowest BCUT2D eigenvalue weighted by Gasteiger charge is -2.02. The Morgan fingerprint density at radius 2 is 1.76 bits per heavy atom. The molecular formula is C12H12O5. The van der Waals surface area contributed by atoms with Crippen LogP contribution in [0.15, 0.2) is 30.3 Å². The molecule has 1 N–H and O–H groups in total. The Morgan fingerprint density at radius 3 is 2.35 bits per heavy atom. The summed E-state index contributed by atoms with van der Waals surface area (Å²) < 4.78 is 5.07. The number of benzene rings is 1. The molecule has 0 aromatic heterocycles. The van der Waals surface area contributed by atoms with E-state index in [1.807, 2.05) is 30.3 Å². The first-order chi connectivity index (χ1) is 8.09. The van der Waals surface area contributed by atoms with Gasteiger partial charge in [-0.3, -0.25) is 9.59 Å². The number of hydrogen-bond acceptors (Lipinski definition) is 4. The summed E-state index contributed by atoms with van der Waals surface area (Å²) in [6.45, 7) is 0.00174. The minimum atomic E-state index is -1.60. The second-order valence-corrected chi connectivity index (χ2v) is 3.42. The number of carbonyl (C=O) groups excluding carboxylic acids is 2. The van der Waals surface area contributed by atoms with Gasteiger partial charge in [-0.25, -0.2) is 4.79 Å². The van der Waals surface area contributed by atoms with Crippen molar-refractivity contribution in [2.24, 2.45) is 0 Å². The van der Waals surface area contributed by atoms with E-state index in [-0.39, 0.29) is 13.2 Å². The van der Waals surface area contributed by atoms with Gasteiger partial charge in [0.15, 0.2) is 5.78 Å².